The summed E-state index contributed by atoms with van der Waals surface area (Å²) in [5.41, 5.74) is 4.44. The molecule has 1 aromatic carbocycles. The van der Waals surface area contributed by atoms with Crippen LogP contribution < -0.4 is 5.32 Å². The zero-order valence-corrected chi connectivity index (χ0v) is 19.3. The average molecular weight is 450 g/mol. The molecule has 1 unspecified atom stereocenters. The molecule has 5 rings (SSSR count). The number of fused-ring (bicyclic) bond motifs is 1. The number of aromatic nitrogens is 4. The molecule has 1 amide bonds. The van der Waals surface area contributed by atoms with Crippen molar-refractivity contribution in [2.75, 3.05) is 0 Å². The smallest absolute Gasteiger partial charge is 0.262 e. The SMILES string of the molecule is Cc1nc(C2CC2)nc2sc(C(=O)NC(C)c3cnn(-c4ccc(F)cc4)c3C)c(C)c12. The van der Waals surface area contributed by atoms with Gasteiger partial charge in [0.2, 0.25) is 0 Å². The first kappa shape index (κ1) is 20.8. The summed E-state index contributed by atoms with van der Waals surface area (Å²) < 4.78 is 15.0. The highest BCUT2D eigenvalue weighted by Gasteiger charge is 2.29. The molecule has 0 aliphatic heterocycles. The molecule has 32 heavy (non-hydrogen) atoms. The number of nitrogens with zero attached hydrogens (tertiary/aromatic N) is 4. The van der Waals surface area contributed by atoms with Crippen LogP contribution in [0.4, 0.5) is 4.39 Å². The van der Waals surface area contributed by atoms with Crippen molar-refractivity contribution < 1.29 is 9.18 Å². The third-order valence-electron chi connectivity index (χ3n) is 6.07. The lowest BCUT2D eigenvalue weighted by Gasteiger charge is -2.14. The number of aryl methyl sites for hydroxylation is 2. The van der Waals surface area contributed by atoms with E-state index in [9.17, 15) is 9.18 Å². The van der Waals surface area contributed by atoms with Gasteiger partial charge in [-0.25, -0.2) is 19.0 Å². The molecule has 3 aromatic heterocycles. The first-order valence-electron chi connectivity index (χ1n) is 10.7. The maximum atomic E-state index is 13.3. The largest absolute Gasteiger partial charge is 0.345 e. The van der Waals surface area contributed by atoms with E-state index in [4.69, 9.17) is 4.98 Å². The minimum absolute atomic E-state index is 0.126. The number of carbonyl (C=O) groups is 1. The molecule has 8 heteroatoms. The predicted octanol–water partition coefficient (Wildman–Crippen LogP) is 5.31. The van der Waals surface area contributed by atoms with Gasteiger partial charge in [-0.15, -0.1) is 11.3 Å². The number of hydrogen-bond donors (Lipinski definition) is 1. The lowest BCUT2D eigenvalue weighted by atomic mass is 10.1. The summed E-state index contributed by atoms with van der Waals surface area (Å²) in [5, 5.41) is 8.53. The number of hydrogen-bond acceptors (Lipinski definition) is 5. The van der Waals surface area contributed by atoms with Crippen molar-refractivity contribution in [3.8, 4) is 5.69 Å². The summed E-state index contributed by atoms with van der Waals surface area (Å²) in [4.78, 5) is 24.1. The highest BCUT2D eigenvalue weighted by Crippen LogP contribution is 2.40. The van der Waals surface area contributed by atoms with Crippen LogP contribution >= 0.6 is 11.3 Å². The van der Waals surface area contributed by atoms with Gasteiger partial charge < -0.3 is 5.32 Å². The van der Waals surface area contributed by atoms with E-state index in [1.807, 2.05) is 27.7 Å². The molecule has 1 aliphatic carbocycles. The van der Waals surface area contributed by atoms with E-state index >= 15 is 0 Å². The zero-order chi connectivity index (χ0) is 22.6. The maximum Gasteiger partial charge on any atom is 0.262 e. The lowest BCUT2D eigenvalue weighted by molar-refractivity contribution is 0.0943. The van der Waals surface area contributed by atoms with Crippen molar-refractivity contribution in [2.45, 2.75) is 52.5 Å². The Morgan fingerprint density at radius 2 is 1.91 bits per heavy atom. The second-order valence-corrected chi connectivity index (χ2v) is 9.45. The summed E-state index contributed by atoms with van der Waals surface area (Å²) in [5.74, 6) is 0.959. The Bertz CT molecular complexity index is 1340. The fourth-order valence-electron chi connectivity index (χ4n) is 4.13. The molecule has 3 heterocycles. The van der Waals surface area contributed by atoms with Gasteiger partial charge in [-0.1, -0.05) is 0 Å². The quantitative estimate of drug-likeness (QED) is 0.448. The van der Waals surface area contributed by atoms with Crippen LogP contribution in [-0.4, -0.2) is 25.7 Å². The molecule has 0 bridgehead atoms. The molecule has 0 saturated heterocycles. The molecule has 1 saturated carbocycles. The molecule has 1 N–H and O–H groups in total. The zero-order valence-electron chi connectivity index (χ0n) is 18.4. The van der Waals surface area contributed by atoms with Gasteiger partial charge in [0.15, 0.2) is 0 Å². The second-order valence-electron chi connectivity index (χ2n) is 8.45. The van der Waals surface area contributed by atoms with Gasteiger partial charge in [0, 0.05) is 22.6 Å². The van der Waals surface area contributed by atoms with Crippen LogP contribution in [0.2, 0.25) is 0 Å². The molecule has 1 atom stereocenters. The average Bonchev–Trinajstić information content (AvgIpc) is 3.46. The van der Waals surface area contributed by atoms with E-state index in [0.717, 1.165) is 57.1 Å². The van der Waals surface area contributed by atoms with Gasteiger partial charge in [0.25, 0.3) is 5.91 Å². The minimum atomic E-state index is -0.290. The van der Waals surface area contributed by atoms with E-state index in [-0.39, 0.29) is 17.8 Å². The fraction of sp³-hybridized carbons (Fsp3) is 0.333. The summed E-state index contributed by atoms with van der Waals surface area (Å²) in [6, 6.07) is 5.94. The Balaban J connectivity index is 1.40. The standard InChI is InChI=1S/C24H24FN5OS/c1-12-20-14(3)27-22(16-5-6-16)29-24(20)32-21(12)23(31)28-13(2)19-11-26-30(15(19)4)18-9-7-17(25)8-10-18/h7-11,13,16H,5-6H2,1-4H3,(H,28,31). The number of amides is 1. The van der Waals surface area contributed by atoms with Crippen molar-refractivity contribution in [1.82, 2.24) is 25.1 Å². The molecule has 164 valence electrons. The highest BCUT2D eigenvalue weighted by molar-refractivity contribution is 7.20. The van der Waals surface area contributed by atoms with Crippen molar-refractivity contribution in [1.29, 1.82) is 0 Å². The first-order valence-corrected chi connectivity index (χ1v) is 11.5. The van der Waals surface area contributed by atoms with Crippen LogP contribution in [-0.2, 0) is 0 Å². The van der Waals surface area contributed by atoms with Gasteiger partial charge in [-0.3, -0.25) is 4.79 Å². The topological polar surface area (TPSA) is 72.7 Å². The van der Waals surface area contributed by atoms with E-state index < -0.39 is 0 Å². The molecule has 1 aliphatic rings. The number of halogens is 1. The van der Waals surface area contributed by atoms with Gasteiger partial charge >= 0.3 is 0 Å². The number of benzene rings is 1. The van der Waals surface area contributed by atoms with Gasteiger partial charge in [-0.2, -0.15) is 5.10 Å². The predicted molar refractivity (Wildman–Crippen MR) is 123 cm³/mol. The van der Waals surface area contributed by atoms with Gasteiger partial charge in [0.1, 0.15) is 16.5 Å². The maximum absolute atomic E-state index is 13.3. The summed E-state index contributed by atoms with van der Waals surface area (Å²) in [6.45, 7) is 7.84. The van der Waals surface area contributed by atoms with Crippen LogP contribution in [0.25, 0.3) is 15.9 Å². The van der Waals surface area contributed by atoms with Crippen molar-refractivity contribution >= 4 is 27.5 Å². The number of carbonyl (C=O) groups excluding carboxylic acids is 1. The number of rotatable bonds is 5. The summed E-state index contributed by atoms with van der Waals surface area (Å²) in [7, 11) is 0. The summed E-state index contributed by atoms with van der Waals surface area (Å²) >= 11 is 1.43. The molecule has 4 aromatic rings. The van der Waals surface area contributed by atoms with Crippen molar-refractivity contribution in [3.05, 3.63) is 69.5 Å². The molecule has 6 nitrogen and oxygen atoms in total. The Kier molecular flexibility index (Phi) is 5.04. The molecular formula is C24H24FN5OS. The normalized spacial score (nSPS) is 14.7. The third kappa shape index (κ3) is 3.58. The van der Waals surface area contributed by atoms with E-state index in [1.54, 1.807) is 23.0 Å². The number of nitrogens with one attached hydrogen (secondary N) is 1. The van der Waals surface area contributed by atoms with Crippen molar-refractivity contribution in [3.63, 3.8) is 0 Å². The Labute approximate surface area is 189 Å². The molecule has 0 spiro atoms. The van der Waals surface area contributed by atoms with Gasteiger partial charge in [-0.05, 0) is 70.4 Å². The Morgan fingerprint density at radius 3 is 2.59 bits per heavy atom. The molecule has 1 fully saturated rings. The molecule has 0 radical (unpaired) electrons. The monoisotopic (exact) mass is 449 g/mol. The van der Waals surface area contributed by atoms with Crippen LogP contribution in [0.3, 0.4) is 0 Å². The fourth-order valence-corrected chi connectivity index (χ4v) is 5.27. The van der Waals surface area contributed by atoms with Crippen molar-refractivity contribution in [2.24, 2.45) is 0 Å². The Morgan fingerprint density at radius 1 is 1.19 bits per heavy atom. The first-order chi connectivity index (χ1) is 15.3. The second kappa shape index (κ2) is 7.78. The van der Waals surface area contributed by atoms with Gasteiger partial charge in [0.05, 0.1) is 28.5 Å². The van der Waals surface area contributed by atoms with E-state index in [1.165, 1.54) is 23.5 Å². The minimum Gasteiger partial charge on any atom is -0.345 e. The summed E-state index contributed by atoms with van der Waals surface area (Å²) in [6.07, 6.45) is 4.04. The van der Waals surface area contributed by atoms with E-state index in [0.29, 0.717) is 10.8 Å². The Hall–Kier alpha value is -3.13. The van der Waals surface area contributed by atoms with E-state index in [2.05, 4.69) is 15.4 Å². The molecular weight excluding hydrogens is 425 g/mol. The van der Waals surface area contributed by atoms with Crippen LogP contribution in [0.1, 0.15) is 69.7 Å². The number of thiophene rings is 1. The van der Waals surface area contributed by atoms with Crippen LogP contribution in [0, 0.1) is 26.6 Å². The van der Waals surface area contributed by atoms with Crippen LogP contribution in [0.15, 0.2) is 30.5 Å². The van der Waals surface area contributed by atoms with Crippen LogP contribution in [0.5, 0.6) is 0 Å². The highest BCUT2D eigenvalue weighted by atomic mass is 32.1. The third-order valence-corrected chi connectivity index (χ3v) is 7.25. The lowest BCUT2D eigenvalue weighted by Crippen LogP contribution is -2.26.